The number of amides is 2. The van der Waals surface area contributed by atoms with Crippen molar-refractivity contribution < 1.29 is 24.2 Å². The van der Waals surface area contributed by atoms with Crippen molar-refractivity contribution in [2.45, 2.75) is 38.4 Å². The van der Waals surface area contributed by atoms with Gasteiger partial charge in [0.25, 0.3) is 5.91 Å². The zero-order chi connectivity index (χ0) is 20.9. The van der Waals surface area contributed by atoms with E-state index < -0.39 is 35.4 Å². The van der Waals surface area contributed by atoms with Crippen molar-refractivity contribution in [2.24, 2.45) is 5.73 Å². The van der Waals surface area contributed by atoms with Gasteiger partial charge in [-0.05, 0) is 43.7 Å². The van der Waals surface area contributed by atoms with E-state index in [2.05, 4.69) is 5.32 Å². The molecule has 0 fully saturated rings. The van der Waals surface area contributed by atoms with E-state index in [0.717, 1.165) is 5.56 Å². The van der Waals surface area contributed by atoms with Gasteiger partial charge < -0.3 is 20.9 Å². The van der Waals surface area contributed by atoms with Gasteiger partial charge in [0, 0.05) is 17.2 Å². The second-order valence-electron chi connectivity index (χ2n) is 6.76. The number of esters is 1. The smallest absolute Gasteiger partial charge is 0.339 e. The highest BCUT2D eigenvalue weighted by Gasteiger charge is 2.40. The molecule has 148 valence electrons. The summed E-state index contributed by atoms with van der Waals surface area (Å²) in [5.41, 5.74) is 4.86. The van der Waals surface area contributed by atoms with Crippen LogP contribution in [0, 0.1) is 0 Å². The summed E-state index contributed by atoms with van der Waals surface area (Å²) >= 11 is 0. The fourth-order valence-electron chi connectivity index (χ4n) is 2.54. The maximum atomic E-state index is 12.5. The summed E-state index contributed by atoms with van der Waals surface area (Å²) in [6.07, 6.45) is -1.13. The van der Waals surface area contributed by atoms with Crippen LogP contribution in [-0.2, 0) is 14.3 Å². The van der Waals surface area contributed by atoms with Crippen LogP contribution in [0.3, 0.4) is 0 Å². The number of hydrogen-bond acceptors (Lipinski definition) is 5. The fourth-order valence-corrected chi connectivity index (χ4v) is 2.54. The first-order valence-corrected chi connectivity index (χ1v) is 8.82. The Morgan fingerprint density at radius 1 is 1.04 bits per heavy atom. The maximum Gasteiger partial charge on any atom is 0.339 e. The Morgan fingerprint density at radius 3 is 2.14 bits per heavy atom. The Labute approximate surface area is 163 Å². The van der Waals surface area contributed by atoms with Crippen LogP contribution >= 0.6 is 0 Å². The topological polar surface area (TPSA) is 119 Å². The highest BCUT2D eigenvalue weighted by molar-refractivity contribution is 5.97. The SMILES string of the molecule is C[C@H](OC(=O)[C@](C)(O)[C@H](C)c1ccccc1)C(=O)Nc1ccc(C(N)=O)cc1. The quantitative estimate of drug-likeness (QED) is 0.633. The molecule has 0 radical (unpaired) electrons. The van der Waals surface area contributed by atoms with Crippen molar-refractivity contribution in [1.29, 1.82) is 0 Å². The average Bonchev–Trinajstić information content (AvgIpc) is 2.68. The minimum atomic E-state index is -1.81. The molecule has 0 spiro atoms. The third-order valence-electron chi connectivity index (χ3n) is 4.65. The lowest BCUT2D eigenvalue weighted by Gasteiger charge is -2.29. The lowest BCUT2D eigenvalue weighted by atomic mass is 9.85. The molecule has 2 rings (SSSR count). The number of primary amides is 1. The van der Waals surface area contributed by atoms with Crippen molar-refractivity contribution in [3.05, 3.63) is 65.7 Å². The van der Waals surface area contributed by atoms with Crippen molar-refractivity contribution in [2.75, 3.05) is 5.32 Å². The molecule has 0 bridgehead atoms. The zero-order valence-corrected chi connectivity index (χ0v) is 16.0. The first kappa shape index (κ1) is 21.1. The molecular weight excluding hydrogens is 360 g/mol. The van der Waals surface area contributed by atoms with Crippen LogP contribution in [0.5, 0.6) is 0 Å². The van der Waals surface area contributed by atoms with Gasteiger partial charge in [-0.15, -0.1) is 0 Å². The monoisotopic (exact) mass is 384 g/mol. The van der Waals surface area contributed by atoms with E-state index in [-0.39, 0.29) is 0 Å². The highest BCUT2D eigenvalue weighted by Crippen LogP contribution is 2.29. The lowest BCUT2D eigenvalue weighted by molar-refractivity contribution is -0.172. The predicted octanol–water partition coefficient (Wildman–Crippen LogP) is 2.21. The normalized spacial score (nSPS) is 15.0. The Kier molecular flexibility index (Phi) is 6.53. The standard InChI is InChI=1S/C21H24N2O5/c1-13(15-7-5-4-6-8-15)21(3,27)20(26)28-14(2)19(25)23-17-11-9-16(10-12-17)18(22)24/h4-14,27H,1-3H3,(H2,22,24)(H,23,25)/t13-,14+,21-/m1/s1. The van der Waals surface area contributed by atoms with E-state index in [4.69, 9.17) is 10.5 Å². The summed E-state index contributed by atoms with van der Waals surface area (Å²) in [4.78, 5) is 35.8. The van der Waals surface area contributed by atoms with Gasteiger partial charge in [0.2, 0.25) is 5.91 Å². The number of anilines is 1. The van der Waals surface area contributed by atoms with Crippen LogP contribution in [0.2, 0.25) is 0 Å². The second kappa shape index (κ2) is 8.67. The molecule has 0 saturated carbocycles. The van der Waals surface area contributed by atoms with Crippen LogP contribution in [0.15, 0.2) is 54.6 Å². The van der Waals surface area contributed by atoms with Crippen LogP contribution < -0.4 is 11.1 Å². The summed E-state index contributed by atoms with van der Waals surface area (Å²) in [5, 5.41) is 13.2. The molecule has 2 aromatic carbocycles. The molecule has 3 atom stereocenters. The first-order chi connectivity index (χ1) is 13.1. The van der Waals surface area contributed by atoms with Gasteiger partial charge in [-0.25, -0.2) is 4.79 Å². The zero-order valence-electron chi connectivity index (χ0n) is 16.0. The summed E-state index contributed by atoms with van der Waals surface area (Å²) in [6, 6.07) is 15.0. The molecule has 7 nitrogen and oxygen atoms in total. The maximum absolute atomic E-state index is 12.5. The number of carbonyl (C=O) groups excluding carboxylic acids is 3. The van der Waals surface area contributed by atoms with Crippen molar-refractivity contribution in [1.82, 2.24) is 0 Å². The minimum absolute atomic E-state index is 0.309. The number of ether oxygens (including phenoxy) is 1. The Hall–Kier alpha value is -3.19. The van der Waals surface area contributed by atoms with Gasteiger partial charge in [-0.2, -0.15) is 0 Å². The van der Waals surface area contributed by atoms with E-state index in [1.807, 2.05) is 18.2 Å². The lowest BCUT2D eigenvalue weighted by Crippen LogP contribution is -2.44. The molecule has 0 aliphatic rings. The van der Waals surface area contributed by atoms with E-state index in [1.165, 1.54) is 38.1 Å². The van der Waals surface area contributed by atoms with Crippen LogP contribution in [0.1, 0.15) is 42.6 Å². The molecule has 7 heteroatoms. The third-order valence-corrected chi connectivity index (χ3v) is 4.65. The molecule has 0 heterocycles. The van der Waals surface area contributed by atoms with Gasteiger partial charge in [-0.3, -0.25) is 9.59 Å². The summed E-state index contributed by atoms with van der Waals surface area (Å²) in [5.74, 6) is -2.56. The van der Waals surface area contributed by atoms with Crippen LogP contribution in [0.25, 0.3) is 0 Å². The fraction of sp³-hybridized carbons (Fsp3) is 0.286. The molecule has 0 unspecified atom stereocenters. The predicted molar refractivity (Wildman–Crippen MR) is 105 cm³/mol. The van der Waals surface area contributed by atoms with Crippen molar-refractivity contribution >= 4 is 23.5 Å². The summed E-state index contributed by atoms with van der Waals surface area (Å²) < 4.78 is 5.18. The average molecular weight is 384 g/mol. The van der Waals surface area contributed by atoms with Gasteiger partial charge in [-0.1, -0.05) is 37.3 Å². The van der Waals surface area contributed by atoms with E-state index >= 15 is 0 Å². The molecule has 2 amide bonds. The molecule has 0 aliphatic carbocycles. The molecule has 2 aromatic rings. The molecule has 4 N–H and O–H groups in total. The first-order valence-electron chi connectivity index (χ1n) is 8.82. The Bertz CT molecular complexity index is 847. The van der Waals surface area contributed by atoms with Crippen LogP contribution in [0.4, 0.5) is 5.69 Å². The number of carbonyl (C=O) groups is 3. The van der Waals surface area contributed by atoms with Crippen molar-refractivity contribution in [3.63, 3.8) is 0 Å². The van der Waals surface area contributed by atoms with Gasteiger partial charge in [0.1, 0.15) is 0 Å². The molecule has 28 heavy (non-hydrogen) atoms. The Morgan fingerprint density at radius 2 is 1.61 bits per heavy atom. The van der Waals surface area contributed by atoms with E-state index in [0.29, 0.717) is 11.3 Å². The number of nitrogens with two attached hydrogens (primary N) is 1. The molecule has 0 aliphatic heterocycles. The van der Waals surface area contributed by atoms with Gasteiger partial charge in [0.05, 0.1) is 0 Å². The van der Waals surface area contributed by atoms with Crippen LogP contribution in [-0.4, -0.2) is 34.6 Å². The number of benzene rings is 2. The number of rotatable bonds is 7. The summed E-state index contributed by atoms with van der Waals surface area (Å²) in [6.45, 7) is 4.48. The molecule has 0 saturated heterocycles. The number of nitrogens with one attached hydrogen (secondary N) is 1. The summed E-state index contributed by atoms with van der Waals surface area (Å²) in [7, 11) is 0. The Balaban J connectivity index is 2.00. The second-order valence-corrected chi connectivity index (χ2v) is 6.76. The van der Waals surface area contributed by atoms with Gasteiger partial charge >= 0.3 is 5.97 Å². The molecule has 0 aromatic heterocycles. The van der Waals surface area contributed by atoms with E-state index in [1.54, 1.807) is 19.1 Å². The number of hydrogen-bond donors (Lipinski definition) is 3. The molecular formula is C21H24N2O5. The largest absolute Gasteiger partial charge is 0.450 e. The van der Waals surface area contributed by atoms with Gasteiger partial charge in [0.15, 0.2) is 11.7 Å². The minimum Gasteiger partial charge on any atom is -0.450 e. The highest BCUT2D eigenvalue weighted by atomic mass is 16.6. The third kappa shape index (κ3) is 4.95. The van der Waals surface area contributed by atoms with Crippen molar-refractivity contribution in [3.8, 4) is 0 Å². The number of aliphatic hydroxyl groups is 1. The van der Waals surface area contributed by atoms with E-state index in [9.17, 15) is 19.5 Å².